The van der Waals surface area contributed by atoms with Gasteiger partial charge in [-0.25, -0.2) is 0 Å². The number of hydrogen-bond acceptors (Lipinski definition) is 1. The van der Waals surface area contributed by atoms with Crippen molar-refractivity contribution >= 4 is 21.8 Å². The number of halogens is 1. The average Bonchev–Trinajstić information content (AvgIpc) is 1.88. The third kappa shape index (κ3) is 1.82. The number of amides is 1. The van der Waals surface area contributed by atoms with E-state index in [1.807, 2.05) is 6.08 Å². The van der Waals surface area contributed by atoms with E-state index in [1.54, 1.807) is 0 Å². The molecule has 1 rings (SSSR count). The highest BCUT2D eigenvalue weighted by molar-refractivity contribution is 9.09. The van der Waals surface area contributed by atoms with Gasteiger partial charge in [-0.2, -0.15) is 0 Å². The minimum atomic E-state index is 0.131. The van der Waals surface area contributed by atoms with Gasteiger partial charge in [0.15, 0.2) is 0 Å². The highest BCUT2D eigenvalue weighted by Crippen LogP contribution is 2.05. The quantitative estimate of drug-likeness (QED) is 0.618. The van der Waals surface area contributed by atoms with Crippen LogP contribution >= 0.6 is 15.9 Å². The average molecular weight is 190 g/mol. The molecule has 1 aliphatic heterocycles. The van der Waals surface area contributed by atoms with Crippen molar-refractivity contribution in [3.05, 3.63) is 11.8 Å². The Morgan fingerprint density at radius 1 is 1.78 bits per heavy atom. The molecule has 0 aliphatic carbocycles. The molecule has 9 heavy (non-hydrogen) atoms. The van der Waals surface area contributed by atoms with Crippen LogP contribution in [0, 0.1) is 0 Å². The van der Waals surface area contributed by atoms with Crippen LogP contribution in [-0.2, 0) is 4.79 Å². The van der Waals surface area contributed by atoms with Gasteiger partial charge in [0.2, 0.25) is 5.91 Å². The molecule has 1 N–H and O–H groups in total. The van der Waals surface area contributed by atoms with E-state index in [2.05, 4.69) is 21.2 Å². The van der Waals surface area contributed by atoms with Gasteiger partial charge in [-0.1, -0.05) is 22.0 Å². The molecular formula is C6H8BrNO. The Morgan fingerprint density at radius 2 is 2.56 bits per heavy atom. The molecule has 1 heterocycles. The first kappa shape index (κ1) is 6.81. The van der Waals surface area contributed by atoms with Crippen LogP contribution in [0.25, 0.3) is 0 Å². The molecule has 1 aliphatic rings. The summed E-state index contributed by atoms with van der Waals surface area (Å²) in [6, 6.07) is 0. The van der Waals surface area contributed by atoms with Crippen molar-refractivity contribution in [1.82, 2.24) is 5.32 Å². The standard InChI is InChI=1S/C6H8BrNO/c7-4-5-2-1-3-6(9)8-5/h2H,1,3-4H2,(H,8,9). The Bertz CT molecular complexity index is 153. The van der Waals surface area contributed by atoms with Crippen molar-refractivity contribution in [3.8, 4) is 0 Å². The van der Waals surface area contributed by atoms with Crippen molar-refractivity contribution < 1.29 is 4.79 Å². The Hall–Kier alpha value is -0.310. The molecular weight excluding hydrogens is 182 g/mol. The molecule has 0 unspecified atom stereocenters. The van der Waals surface area contributed by atoms with E-state index >= 15 is 0 Å². The van der Waals surface area contributed by atoms with Crippen LogP contribution in [0.4, 0.5) is 0 Å². The summed E-state index contributed by atoms with van der Waals surface area (Å²) in [5, 5.41) is 3.49. The number of alkyl halides is 1. The van der Waals surface area contributed by atoms with E-state index in [0.717, 1.165) is 17.4 Å². The minimum absolute atomic E-state index is 0.131. The summed E-state index contributed by atoms with van der Waals surface area (Å²) in [6.45, 7) is 0. The fourth-order valence-electron chi connectivity index (χ4n) is 0.758. The molecule has 0 fully saturated rings. The monoisotopic (exact) mass is 189 g/mol. The fraction of sp³-hybridized carbons (Fsp3) is 0.500. The van der Waals surface area contributed by atoms with Crippen LogP contribution in [-0.4, -0.2) is 11.2 Å². The molecule has 2 nitrogen and oxygen atoms in total. The van der Waals surface area contributed by atoms with Gasteiger partial charge in [0.05, 0.1) is 0 Å². The highest BCUT2D eigenvalue weighted by Gasteiger charge is 2.07. The third-order valence-corrected chi connectivity index (χ3v) is 1.81. The lowest BCUT2D eigenvalue weighted by Gasteiger charge is -2.10. The van der Waals surface area contributed by atoms with Crippen molar-refractivity contribution in [1.29, 1.82) is 0 Å². The molecule has 0 radical (unpaired) electrons. The molecule has 0 atom stereocenters. The molecule has 0 aromatic rings. The van der Waals surface area contributed by atoms with Crippen molar-refractivity contribution in [2.75, 3.05) is 5.33 Å². The summed E-state index contributed by atoms with van der Waals surface area (Å²) in [7, 11) is 0. The molecule has 1 amide bonds. The van der Waals surface area contributed by atoms with Gasteiger partial charge in [-0.15, -0.1) is 0 Å². The molecule has 0 saturated carbocycles. The van der Waals surface area contributed by atoms with Crippen LogP contribution in [0.1, 0.15) is 12.8 Å². The molecule has 0 spiro atoms. The van der Waals surface area contributed by atoms with Gasteiger partial charge in [-0.05, 0) is 6.42 Å². The lowest BCUT2D eigenvalue weighted by Crippen LogP contribution is -2.26. The second kappa shape index (κ2) is 3.01. The van der Waals surface area contributed by atoms with E-state index in [9.17, 15) is 4.79 Å². The Balaban J connectivity index is 2.53. The van der Waals surface area contributed by atoms with E-state index < -0.39 is 0 Å². The zero-order chi connectivity index (χ0) is 6.69. The van der Waals surface area contributed by atoms with E-state index in [-0.39, 0.29) is 5.91 Å². The van der Waals surface area contributed by atoms with Gasteiger partial charge in [0.1, 0.15) is 0 Å². The molecule has 0 aromatic carbocycles. The van der Waals surface area contributed by atoms with Crippen LogP contribution < -0.4 is 5.32 Å². The molecule has 3 heteroatoms. The van der Waals surface area contributed by atoms with Crippen molar-refractivity contribution in [3.63, 3.8) is 0 Å². The Labute approximate surface area is 62.4 Å². The van der Waals surface area contributed by atoms with E-state index in [1.165, 1.54) is 0 Å². The molecule has 0 aromatic heterocycles. The second-order valence-corrected chi connectivity index (χ2v) is 2.51. The number of hydrogen-bond donors (Lipinski definition) is 1. The maximum Gasteiger partial charge on any atom is 0.224 e. The summed E-state index contributed by atoms with van der Waals surface area (Å²) in [5.41, 5.74) is 0.992. The summed E-state index contributed by atoms with van der Waals surface area (Å²) in [4.78, 5) is 10.7. The van der Waals surface area contributed by atoms with Crippen molar-refractivity contribution in [2.24, 2.45) is 0 Å². The predicted molar refractivity (Wildman–Crippen MR) is 39.3 cm³/mol. The van der Waals surface area contributed by atoms with Gasteiger partial charge < -0.3 is 5.32 Å². The largest absolute Gasteiger partial charge is 0.329 e. The van der Waals surface area contributed by atoms with Gasteiger partial charge in [0.25, 0.3) is 0 Å². The lowest BCUT2D eigenvalue weighted by molar-refractivity contribution is -0.120. The maximum atomic E-state index is 10.7. The Kier molecular flexibility index (Phi) is 2.28. The first-order valence-corrected chi connectivity index (χ1v) is 4.00. The Morgan fingerprint density at radius 3 is 3.00 bits per heavy atom. The van der Waals surface area contributed by atoms with E-state index in [4.69, 9.17) is 0 Å². The van der Waals surface area contributed by atoms with Gasteiger partial charge in [0, 0.05) is 17.4 Å². The number of allylic oxidation sites excluding steroid dienone is 2. The summed E-state index contributed by atoms with van der Waals surface area (Å²) in [5.74, 6) is 0.131. The topological polar surface area (TPSA) is 29.1 Å². The predicted octanol–water partition coefficient (Wildman–Crippen LogP) is 1.18. The third-order valence-electron chi connectivity index (χ3n) is 1.21. The first-order chi connectivity index (χ1) is 4.33. The number of carbonyl (C=O) groups is 1. The van der Waals surface area contributed by atoms with Crippen molar-refractivity contribution in [2.45, 2.75) is 12.8 Å². The molecule has 0 saturated heterocycles. The number of rotatable bonds is 1. The smallest absolute Gasteiger partial charge is 0.224 e. The SMILES string of the molecule is O=C1CCC=C(CBr)N1. The highest BCUT2D eigenvalue weighted by atomic mass is 79.9. The summed E-state index contributed by atoms with van der Waals surface area (Å²) in [6.07, 6.45) is 3.55. The number of nitrogens with one attached hydrogen (secondary N) is 1. The first-order valence-electron chi connectivity index (χ1n) is 2.88. The van der Waals surface area contributed by atoms with Crippen LogP contribution in [0.5, 0.6) is 0 Å². The number of carbonyl (C=O) groups excluding carboxylic acids is 1. The zero-order valence-corrected chi connectivity index (χ0v) is 6.57. The zero-order valence-electron chi connectivity index (χ0n) is 4.98. The second-order valence-electron chi connectivity index (χ2n) is 1.95. The van der Waals surface area contributed by atoms with Crippen LogP contribution in [0.15, 0.2) is 11.8 Å². The van der Waals surface area contributed by atoms with E-state index in [0.29, 0.717) is 6.42 Å². The summed E-state index contributed by atoms with van der Waals surface area (Å²) >= 11 is 3.26. The fourth-order valence-corrected chi connectivity index (χ4v) is 1.13. The molecule has 0 bridgehead atoms. The maximum absolute atomic E-state index is 10.7. The lowest BCUT2D eigenvalue weighted by atomic mass is 10.2. The minimum Gasteiger partial charge on any atom is -0.329 e. The normalized spacial score (nSPS) is 18.8. The summed E-state index contributed by atoms with van der Waals surface area (Å²) < 4.78 is 0. The van der Waals surface area contributed by atoms with Gasteiger partial charge >= 0.3 is 0 Å². The van der Waals surface area contributed by atoms with Crippen LogP contribution in [0.3, 0.4) is 0 Å². The van der Waals surface area contributed by atoms with Gasteiger partial charge in [-0.3, -0.25) is 4.79 Å². The van der Waals surface area contributed by atoms with Crippen LogP contribution in [0.2, 0.25) is 0 Å². The molecule has 50 valence electrons.